The highest BCUT2D eigenvalue weighted by Crippen LogP contribution is 2.08. The van der Waals surface area contributed by atoms with E-state index in [0.717, 1.165) is 0 Å². The molecule has 2 rings (SSSR count). The second kappa shape index (κ2) is 4.60. The molecule has 0 saturated heterocycles. The first-order chi connectivity index (χ1) is 8.18. The maximum absolute atomic E-state index is 11.8. The Morgan fingerprint density at radius 3 is 3.00 bits per heavy atom. The zero-order chi connectivity index (χ0) is 12.3. The predicted molar refractivity (Wildman–Crippen MR) is 60.8 cm³/mol. The summed E-state index contributed by atoms with van der Waals surface area (Å²) in [6, 6.07) is 3.53. The number of rotatable bonds is 3. The molecule has 0 aliphatic carbocycles. The second-order valence-electron chi connectivity index (χ2n) is 3.46. The molecule has 0 fully saturated rings. The summed E-state index contributed by atoms with van der Waals surface area (Å²) in [6.45, 7) is 0.307. The number of hydrogen-bond acceptors (Lipinski definition) is 5. The van der Waals surface area contributed by atoms with Gasteiger partial charge in [0.1, 0.15) is 11.4 Å². The number of nitrogens with zero attached hydrogens (tertiary/aromatic N) is 4. The molecule has 0 saturated carbocycles. The fraction of sp³-hybridized carbons (Fsp3) is 0.200. The van der Waals surface area contributed by atoms with E-state index in [0.29, 0.717) is 23.6 Å². The van der Waals surface area contributed by atoms with Crippen LogP contribution in [0.15, 0.2) is 24.5 Å². The normalized spacial score (nSPS) is 10.2. The number of nitrogen functional groups attached to an aromatic ring is 1. The van der Waals surface area contributed by atoms with E-state index in [-0.39, 0.29) is 5.91 Å². The van der Waals surface area contributed by atoms with Crippen molar-refractivity contribution in [2.75, 3.05) is 5.73 Å². The molecule has 0 atom stereocenters. The van der Waals surface area contributed by atoms with E-state index in [9.17, 15) is 4.79 Å². The maximum atomic E-state index is 11.8. The Morgan fingerprint density at radius 1 is 1.59 bits per heavy atom. The van der Waals surface area contributed by atoms with Crippen LogP contribution in [0.5, 0.6) is 0 Å². The first-order valence-electron chi connectivity index (χ1n) is 5.00. The Morgan fingerprint density at radius 2 is 2.41 bits per heavy atom. The van der Waals surface area contributed by atoms with Gasteiger partial charge >= 0.3 is 0 Å². The summed E-state index contributed by atoms with van der Waals surface area (Å²) < 4.78 is 1.44. The number of aromatic nitrogens is 4. The first-order valence-corrected chi connectivity index (χ1v) is 5.00. The van der Waals surface area contributed by atoms with E-state index in [4.69, 9.17) is 5.73 Å². The van der Waals surface area contributed by atoms with Gasteiger partial charge in [-0.05, 0) is 12.1 Å². The maximum Gasteiger partial charge on any atom is 0.256 e. The number of carbonyl (C=O) groups is 1. The lowest BCUT2D eigenvalue weighted by atomic mass is 10.3. The minimum Gasteiger partial charge on any atom is -0.383 e. The van der Waals surface area contributed by atoms with Crippen LogP contribution in [-0.2, 0) is 13.6 Å². The topological polar surface area (TPSA) is 98.7 Å². The van der Waals surface area contributed by atoms with Gasteiger partial charge in [0.05, 0.1) is 18.4 Å². The summed E-state index contributed by atoms with van der Waals surface area (Å²) in [5, 5.41) is 14.2. The van der Waals surface area contributed by atoms with Crippen LogP contribution >= 0.6 is 0 Å². The molecule has 2 aromatic heterocycles. The van der Waals surface area contributed by atoms with Crippen molar-refractivity contribution in [3.63, 3.8) is 0 Å². The number of amides is 1. The van der Waals surface area contributed by atoms with Crippen molar-refractivity contribution in [1.29, 1.82) is 0 Å². The van der Waals surface area contributed by atoms with Gasteiger partial charge in [-0.15, -0.1) is 0 Å². The highest BCUT2D eigenvalue weighted by atomic mass is 16.1. The molecule has 0 spiro atoms. The third-order valence-corrected chi connectivity index (χ3v) is 2.29. The Hall–Kier alpha value is -2.44. The van der Waals surface area contributed by atoms with Crippen LogP contribution in [0.1, 0.15) is 16.1 Å². The van der Waals surface area contributed by atoms with Crippen LogP contribution in [0, 0.1) is 0 Å². The molecule has 0 radical (unpaired) electrons. The van der Waals surface area contributed by atoms with Crippen molar-refractivity contribution in [1.82, 2.24) is 25.3 Å². The zero-order valence-electron chi connectivity index (χ0n) is 9.29. The molecule has 7 heteroatoms. The summed E-state index contributed by atoms with van der Waals surface area (Å²) in [7, 11) is 1.68. The van der Waals surface area contributed by atoms with Gasteiger partial charge in [0.15, 0.2) is 0 Å². The number of hydrogen-bond donors (Lipinski definition) is 2. The fourth-order valence-electron chi connectivity index (χ4n) is 1.32. The zero-order valence-corrected chi connectivity index (χ0v) is 9.29. The third kappa shape index (κ3) is 2.39. The van der Waals surface area contributed by atoms with Crippen LogP contribution in [0.2, 0.25) is 0 Å². The van der Waals surface area contributed by atoms with Gasteiger partial charge in [-0.25, -0.2) is 0 Å². The molecule has 3 N–H and O–H groups in total. The van der Waals surface area contributed by atoms with Gasteiger partial charge in [-0.1, -0.05) is 0 Å². The van der Waals surface area contributed by atoms with E-state index >= 15 is 0 Å². The van der Waals surface area contributed by atoms with Crippen LogP contribution < -0.4 is 11.1 Å². The minimum absolute atomic E-state index is 0.277. The molecule has 2 heterocycles. The molecule has 0 aliphatic rings. The molecule has 1 amide bonds. The van der Waals surface area contributed by atoms with Crippen molar-refractivity contribution < 1.29 is 4.79 Å². The van der Waals surface area contributed by atoms with Crippen molar-refractivity contribution in [2.45, 2.75) is 6.54 Å². The van der Waals surface area contributed by atoms with Crippen molar-refractivity contribution in [3.05, 3.63) is 35.8 Å². The van der Waals surface area contributed by atoms with Crippen molar-refractivity contribution in [2.24, 2.45) is 7.05 Å². The molecule has 0 aromatic carbocycles. The van der Waals surface area contributed by atoms with Crippen molar-refractivity contribution in [3.8, 4) is 0 Å². The largest absolute Gasteiger partial charge is 0.383 e. The van der Waals surface area contributed by atoms with Gasteiger partial charge < -0.3 is 11.1 Å². The SMILES string of the molecule is Cn1ncc(C(=O)NCc2cccnn2)c1N. The number of nitrogens with two attached hydrogens (primary N) is 1. The van der Waals surface area contributed by atoms with Gasteiger partial charge in [-0.2, -0.15) is 15.3 Å². The summed E-state index contributed by atoms with van der Waals surface area (Å²) >= 11 is 0. The standard InChI is InChI=1S/C10H12N6O/c1-16-9(11)8(6-14-16)10(17)12-5-7-3-2-4-13-15-7/h2-4,6H,5,11H2,1H3,(H,12,17). The molecule has 0 bridgehead atoms. The van der Waals surface area contributed by atoms with Gasteiger partial charge in [0, 0.05) is 13.2 Å². The Labute approximate surface area is 97.6 Å². The van der Waals surface area contributed by atoms with E-state index in [1.165, 1.54) is 10.9 Å². The Bertz CT molecular complexity index is 521. The highest BCUT2D eigenvalue weighted by Gasteiger charge is 2.13. The molecule has 0 aliphatic heterocycles. The summed E-state index contributed by atoms with van der Waals surface area (Å²) in [5.41, 5.74) is 6.73. The van der Waals surface area contributed by atoms with E-state index in [1.807, 2.05) is 0 Å². The average Bonchev–Trinajstić information content (AvgIpc) is 2.69. The Kier molecular flexibility index (Phi) is 2.99. The molecule has 7 nitrogen and oxygen atoms in total. The lowest BCUT2D eigenvalue weighted by molar-refractivity contribution is 0.0951. The van der Waals surface area contributed by atoms with E-state index < -0.39 is 0 Å². The molecule has 0 unspecified atom stereocenters. The lowest BCUT2D eigenvalue weighted by Crippen LogP contribution is -2.24. The average molecular weight is 232 g/mol. The summed E-state index contributed by atoms with van der Waals surface area (Å²) in [5.74, 6) is 0.0582. The predicted octanol–water partition coefficient (Wildman–Crippen LogP) is -0.278. The number of nitrogens with one attached hydrogen (secondary N) is 1. The number of anilines is 1. The van der Waals surface area contributed by atoms with Crippen LogP contribution in [0.25, 0.3) is 0 Å². The smallest absolute Gasteiger partial charge is 0.256 e. The van der Waals surface area contributed by atoms with Gasteiger partial charge in [0.25, 0.3) is 5.91 Å². The lowest BCUT2D eigenvalue weighted by Gasteiger charge is -2.03. The van der Waals surface area contributed by atoms with Gasteiger partial charge in [-0.3, -0.25) is 9.48 Å². The molecule has 88 valence electrons. The monoisotopic (exact) mass is 232 g/mol. The Balaban J connectivity index is 2.01. The highest BCUT2D eigenvalue weighted by molar-refractivity contribution is 5.98. The summed E-state index contributed by atoms with van der Waals surface area (Å²) in [6.07, 6.45) is 3.01. The molecular formula is C10H12N6O. The second-order valence-corrected chi connectivity index (χ2v) is 3.46. The molecule has 2 aromatic rings. The molecular weight excluding hydrogens is 220 g/mol. The van der Waals surface area contributed by atoms with Crippen LogP contribution in [-0.4, -0.2) is 25.9 Å². The fourth-order valence-corrected chi connectivity index (χ4v) is 1.32. The van der Waals surface area contributed by atoms with E-state index in [1.54, 1.807) is 25.4 Å². The van der Waals surface area contributed by atoms with Gasteiger partial charge in [0.2, 0.25) is 0 Å². The quantitative estimate of drug-likeness (QED) is 0.758. The van der Waals surface area contributed by atoms with Crippen LogP contribution in [0.3, 0.4) is 0 Å². The molecule has 17 heavy (non-hydrogen) atoms. The minimum atomic E-state index is -0.277. The number of aryl methyl sites for hydroxylation is 1. The van der Waals surface area contributed by atoms with Crippen molar-refractivity contribution >= 4 is 11.7 Å². The van der Waals surface area contributed by atoms with Crippen LogP contribution in [0.4, 0.5) is 5.82 Å². The van der Waals surface area contributed by atoms with E-state index in [2.05, 4.69) is 20.6 Å². The third-order valence-electron chi connectivity index (χ3n) is 2.29. The number of carbonyl (C=O) groups excluding carboxylic acids is 1. The first kappa shape index (κ1) is 11.1. The summed E-state index contributed by atoms with van der Waals surface area (Å²) in [4.78, 5) is 11.8.